The minimum Gasteiger partial charge on any atom is -0.497 e. The molecule has 1 rings (SSSR count). The van der Waals surface area contributed by atoms with Crippen LogP contribution in [0.5, 0.6) is 5.75 Å². The first-order chi connectivity index (χ1) is 10.3. The van der Waals surface area contributed by atoms with Gasteiger partial charge in [-0.05, 0) is 37.5 Å². The molecule has 1 aromatic carbocycles. The van der Waals surface area contributed by atoms with Gasteiger partial charge in [-0.25, -0.2) is 0 Å². The molecule has 1 aromatic rings. The van der Waals surface area contributed by atoms with Crippen LogP contribution in [0.4, 0.5) is 0 Å². The Morgan fingerprint density at radius 3 is 2.14 bits per heavy atom. The lowest BCUT2D eigenvalue weighted by atomic mass is 9.90. The van der Waals surface area contributed by atoms with Crippen LogP contribution in [-0.2, 0) is 16.1 Å². The molecule has 22 heavy (non-hydrogen) atoms. The molecule has 0 heterocycles. The molecule has 2 N–H and O–H groups in total. The third kappa shape index (κ3) is 5.06. The average Bonchev–Trinajstić information content (AvgIpc) is 2.50. The molecule has 0 unspecified atom stereocenters. The van der Waals surface area contributed by atoms with Gasteiger partial charge < -0.3 is 15.4 Å². The van der Waals surface area contributed by atoms with E-state index in [1.165, 1.54) is 0 Å². The summed E-state index contributed by atoms with van der Waals surface area (Å²) in [4.78, 5) is 24.4. The molecule has 5 heteroatoms. The molecule has 2 amide bonds. The molecule has 0 aliphatic rings. The van der Waals surface area contributed by atoms with Crippen LogP contribution < -0.4 is 15.4 Å². The highest BCUT2D eigenvalue weighted by atomic mass is 16.5. The molecular weight excluding hydrogens is 280 g/mol. The lowest BCUT2D eigenvalue weighted by Gasteiger charge is -2.23. The maximum atomic E-state index is 12.3. The van der Waals surface area contributed by atoms with Crippen molar-refractivity contribution in [3.8, 4) is 5.75 Å². The molecule has 0 atom stereocenters. The van der Waals surface area contributed by atoms with E-state index in [1.54, 1.807) is 21.0 Å². The average molecular weight is 306 g/mol. The van der Waals surface area contributed by atoms with E-state index in [-0.39, 0.29) is 11.8 Å². The van der Waals surface area contributed by atoms with E-state index in [0.29, 0.717) is 19.0 Å². The largest absolute Gasteiger partial charge is 0.497 e. The van der Waals surface area contributed by atoms with Gasteiger partial charge in [0, 0.05) is 13.1 Å². The zero-order chi connectivity index (χ0) is 16.8. The van der Waals surface area contributed by atoms with Gasteiger partial charge in [0.1, 0.15) is 11.2 Å². The highest BCUT2D eigenvalue weighted by molar-refractivity contribution is 6.04. The van der Waals surface area contributed by atoms with Crippen LogP contribution >= 0.6 is 0 Å². The van der Waals surface area contributed by atoms with Gasteiger partial charge >= 0.3 is 0 Å². The Hall–Kier alpha value is -2.04. The van der Waals surface area contributed by atoms with Gasteiger partial charge in [-0.1, -0.05) is 26.0 Å². The molecule has 5 nitrogen and oxygen atoms in total. The number of ether oxygens (including phenoxy) is 1. The standard InChI is InChI=1S/C17H26N2O3/c1-12(2)10-18-15(20)17(3,4)16(21)19-11-13-6-8-14(22-5)9-7-13/h6-9,12H,10-11H2,1-5H3,(H,18,20)(H,19,21). The highest BCUT2D eigenvalue weighted by Gasteiger charge is 2.35. The number of hydrogen-bond acceptors (Lipinski definition) is 3. The summed E-state index contributed by atoms with van der Waals surface area (Å²) in [5.41, 5.74) is -0.144. The van der Waals surface area contributed by atoms with Gasteiger partial charge in [-0.15, -0.1) is 0 Å². The van der Waals surface area contributed by atoms with Crippen molar-refractivity contribution >= 4 is 11.8 Å². The van der Waals surface area contributed by atoms with E-state index in [2.05, 4.69) is 10.6 Å². The number of benzene rings is 1. The normalized spacial score (nSPS) is 11.2. The summed E-state index contributed by atoms with van der Waals surface area (Å²) < 4.78 is 5.09. The van der Waals surface area contributed by atoms with Crippen LogP contribution in [0.2, 0.25) is 0 Å². The van der Waals surface area contributed by atoms with Gasteiger partial charge in [0.25, 0.3) is 0 Å². The smallest absolute Gasteiger partial charge is 0.235 e. The molecule has 0 aliphatic heterocycles. The number of carbonyl (C=O) groups is 2. The summed E-state index contributed by atoms with van der Waals surface area (Å²) in [5.74, 6) is 0.573. The SMILES string of the molecule is COc1ccc(CNC(=O)C(C)(C)C(=O)NCC(C)C)cc1. The van der Waals surface area contributed by atoms with E-state index in [1.807, 2.05) is 38.1 Å². The summed E-state index contributed by atoms with van der Waals surface area (Å²) in [6, 6.07) is 7.43. The third-order valence-electron chi connectivity index (χ3n) is 3.42. The van der Waals surface area contributed by atoms with Crippen LogP contribution in [0.25, 0.3) is 0 Å². The van der Waals surface area contributed by atoms with Crippen LogP contribution in [-0.4, -0.2) is 25.5 Å². The van der Waals surface area contributed by atoms with Crippen molar-refractivity contribution in [1.82, 2.24) is 10.6 Å². The van der Waals surface area contributed by atoms with Gasteiger partial charge in [-0.2, -0.15) is 0 Å². The van der Waals surface area contributed by atoms with Crippen LogP contribution in [0.3, 0.4) is 0 Å². The summed E-state index contributed by atoms with van der Waals surface area (Å²) in [7, 11) is 1.61. The predicted octanol–water partition coefficient (Wildman–Crippen LogP) is 2.11. The summed E-state index contributed by atoms with van der Waals surface area (Å²) in [5, 5.41) is 5.60. The minimum absolute atomic E-state index is 0.256. The van der Waals surface area contributed by atoms with Crippen molar-refractivity contribution in [2.45, 2.75) is 34.2 Å². The first kappa shape index (κ1) is 18.0. The Balaban J connectivity index is 2.56. The lowest BCUT2D eigenvalue weighted by Crippen LogP contribution is -2.48. The summed E-state index contributed by atoms with van der Waals surface area (Å²) in [6.07, 6.45) is 0. The second-order valence-corrected chi connectivity index (χ2v) is 6.26. The molecule has 122 valence electrons. The fraction of sp³-hybridized carbons (Fsp3) is 0.529. The first-order valence-electron chi connectivity index (χ1n) is 7.47. The predicted molar refractivity (Wildman–Crippen MR) is 86.5 cm³/mol. The van der Waals surface area contributed by atoms with Crippen molar-refractivity contribution in [3.05, 3.63) is 29.8 Å². The van der Waals surface area contributed by atoms with Crippen LogP contribution in [0, 0.1) is 11.3 Å². The van der Waals surface area contributed by atoms with Gasteiger partial charge in [0.15, 0.2) is 0 Å². The first-order valence-corrected chi connectivity index (χ1v) is 7.47. The molecular formula is C17H26N2O3. The Kier molecular flexibility index (Phi) is 6.40. The second kappa shape index (κ2) is 7.82. The topological polar surface area (TPSA) is 67.4 Å². The number of hydrogen-bond donors (Lipinski definition) is 2. The number of amides is 2. The Morgan fingerprint density at radius 2 is 1.64 bits per heavy atom. The minimum atomic E-state index is -1.10. The number of rotatable bonds is 7. The quantitative estimate of drug-likeness (QED) is 0.758. The van der Waals surface area contributed by atoms with E-state index < -0.39 is 5.41 Å². The summed E-state index contributed by atoms with van der Waals surface area (Å²) in [6.45, 7) is 8.23. The summed E-state index contributed by atoms with van der Waals surface area (Å²) >= 11 is 0. The molecule has 0 fully saturated rings. The van der Waals surface area contributed by atoms with E-state index in [9.17, 15) is 9.59 Å². The molecule has 0 spiro atoms. The van der Waals surface area contributed by atoms with Crippen molar-refractivity contribution < 1.29 is 14.3 Å². The van der Waals surface area contributed by atoms with Crippen LogP contribution in [0.15, 0.2) is 24.3 Å². The maximum Gasteiger partial charge on any atom is 0.235 e. The molecule has 0 aromatic heterocycles. The Morgan fingerprint density at radius 1 is 1.09 bits per heavy atom. The van der Waals surface area contributed by atoms with Crippen molar-refractivity contribution in [1.29, 1.82) is 0 Å². The fourth-order valence-corrected chi connectivity index (χ4v) is 1.77. The van der Waals surface area contributed by atoms with Crippen molar-refractivity contribution in [3.63, 3.8) is 0 Å². The third-order valence-corrected chi connectivity index (χ3v) is 3.42. The molecule has 0 saturated carbocycles. The van der Waals surface area contributed by atoms with Gasteiger partial charge in [0.05, 0.1) is 7.11 Å². The Bertz CT molecular complexity index is 507. The highest BCUT2D eigenvalue weighted by Crippen LogP contribution is 2.16. The van der Waals surface area contributed by atoms with Crippen molar-refractivity contribution in [2.75, 3.05) is 13.7 Å². The van der Waals surface area contributed by atoms with E-state index in [0.717, 1.165) is 11.3 Å². The number of carbonyl (C=O) groups excluding carboxylic acids is 2. The van der Waals surface area contributed by atoms with Gasteiger partial charge in [-0.3, -0.25) is 9.59 Å². The Labute approximate surface area is 132 Å². The number of methoxy groups -OCH3 is 1. The van der Waals surface area contributed by atoms with E-state index in [4.69, 9.17) is 4.74 Å². The monoisotopic (exact) mass is 306 g/mol. The number of nitrogens with one attached hydrogen (secondary N) is 2. The zero-order valence-corrected chi connectivity index (χ0v) is 14.0. The van der Waals surface area contributed by atoms with Crippen LogP contribution in [0.1, 0.15) is 33.3 Å². The van der Waals surface area contributed by atoms with E-state index >= 15 is 0 Å². The molecule has 0 radical (unpaired) electrons. The molecule has 0 bridgehead atoms. The molecule has 0 aliphatic carbocycles. The zero-order valence-electron chi connectivity index (χ0n) is 14.0. The van der Waals surface area contributed by atoms with Gasteiger partial charge in [0.2, 0.25) is 11.8 Å². The maximum absolute atomic E-state index is 12.3. The van der Waals surface area contributed by atoms with Crippen molar-refractivity contribution in [2.24, 2.45) is 11.3 Å². The second-order valence-electron chi connectivity index (χ2n) is 6.26. The lowest BCUT2D eigenvalue weighted by molar-refractivity contribution is -0.141. The molecule has 0 saturated heterocycles. The fourth-order valence-electron chi connectivity index (χ4n) is 1.77.